The lowest BCUT2D eigenvalue weighted by atomic mass is 9.97. The van der Waals surface area contributed by atoms with Gasteiger partial charge in [0.05, 0.1) is 24.1 Å². The van der Waals surface area contributed by atoms with Crippen molar-refractivity contribution in [2.24, 2.45) is 0 Å². The molecule has 0 radical (unpaired) electrons. The molecule has 1 heterocycles. The Morgan fingerprint density at radius 2 is 1.92 bits per heavy atom. The molecule has 0 fully saturated rings. The van der Waals surface area contributed by atoms with Crippen LogP contribution >= 0.6 is 0 Å². The summed E-state index contributed by atoms with van der Waals surface area (Å²) in [6.07, 6.45) is 2.83. The molecule has 0 aliphatic rings. The van der Waals surface area contributed by atoms with E-state index >= 15 is 0 Å². The predicted molar refractivity (Wildman–Crippen MR) is 92.6 cm³/mol. The third kappa shape index (κ3) is 4.14. The number of carbonyl (C=O) groups excluding carboxylic acids is 1. The highest BCUT2D eigenvalue weighted by atomic mass is 16.5. The average molecular weight is 331 g/mol. The second-order valence-corrected chi connectivity index (χ2v) is 5.67. The van der Waals surface area contributed by atoms with Crippen LogP contribution in [0.1, 0.15) is 44.1 Å². The molecule has 2 N–H and O–H groups in total. The van der Waals surface area contributed by atoms with Crippen LogP contribution < -0.4 is 10.1 Å². The van der Waals surface area contributed by atoms with Crippen molar-refractivity contribution in [1.82, 2.24) is 15.1 Å². The summed E-state index contributed by atoms with van der Waals surface area (Å²) in [6.45, 7) is 6.27. The minimum Gasteiger partial charge on any atom is -0.490 e. The fourth-order valence-corrected chi connectivity index (χ4v) is 2.32. The molecule has 1 amide bonds. The fourth-order valence-electron chi connectivity index (χ4n) is 2.32. The monoisotopic (exact) mass is 331 g/mol. The normalized spacial score (nSPS) is 11.3. The summed E-state index contributed by atoms with van der Waals surface area (Å²) in [5.41, 5.74) is 0.162. The molecule has 0 bridgehead atoms. The van der Waals surface area contributed by atoms with Gasteiger partial charge in [-0.3, -0.25) is 4.79 Å². The molecule has 6 heteroatoms. The molecule has 1 aromatic heterocycles. The van der Waals surface area contributed by atoms with Gasteiger partial charge in [-0.05, 0) is 31.9 Å². The van der Waals surface area contributed by atoms with Crippen molar-refractivity contribution in [2.75, 3.05) is 13.2 Å². The van der Waals surface area contributed by atoms with Gasteiger partial charge in [-0.25, -0.2) is 4.68 Å². The van der Waals surface area contributed by atoms with Crippen LogP contribution in [0.3, 0.4) is 0 Å². The molecule has 6 nitrogen and oxygen atoms in total. The third-order valence-corrected chi connectivity index (χ3v) is 4.11. The summed E-state index contributed by atoms with van der Waals surface area (Å²) < 4.78 is 7.16. The molecule has 0 aliphatic carbocycles. The van der Waals surface area contributed by atoms with Crippen LogP contribution in [0.2, 0.25) is 0 Å². The highest BCUT2D eigenvalue weighted by Gasteiger charge is 2.25. The molecule has 0 aliphatic heterocycles. The smallest absolute Gasteiger partial charge is 0.275 e. The third-order valence-electron chi connectivity index (χ3n) is 4.11. The first-order valence-corrected chi connectivity index (χ1v) is 8.31. The second-order valence-electron chi connectivity index (χ2n) is 5.67. The van der Waals surface area contributed by atoms with Gasteiger partial charge in [0.1, 0.15) is 0 Å². The molecule has 2 aromatic rings. The Balaban J connectivity index is 2.22. The van der Waals surface area contributed by atoms with Crippen LogP contribution in [0.15, 0.2) is 36.5 Å². The lowest BCUT2D eigenvalue weighted by molar-refractivity contribution is 0.0312. The molecule has 0 saturated carbocycles. The number of hydrogen-bond donors (Lipinski definition) is 2. The van der Waals surface area contributed by atoms with Crippen LogP contribution in [0, 0.1) is 0 Å². The van der Waals surface area contributed by atoms with Gasteiger partial charge in [0.2, 0.25) is 0 Å². The Bertz CT molecular complexity index is 663. The minimum absolute atomic E-state index is 0.183. The number of carbonyl (C=O) groups is 1. The number of nitrogens with one attached hydrogen (secondary N) is 1. The molecule has 2 rings (SSSR count). The van der Waals surface area contributed by atoms with Gasteiger partial charge in [-0.1, -0.05) is 32.0 Å². The summed E-state index contributed by atoms with van der Waals surface area (Å²) >= 11 is 0. The lowest BCUT2D eigenvalue weighted by Gasteiger charge is -2.25. The summed E-state index contributed by atoms with van der Waals surface area (Å²) in [4.78, 5) is 12.5. The van der Waals surface area contributed by atoms with E-state index in [0.717, 1.165) is 5.69 Å². The maximum atomic E-state index is 12.5. The number of rotatable bonds is 8. The number of aromatic nitrogens is 2. The van der Waals surface area contributed by atoms with Crippen molar-refractivity contribution in [1.29, 1.82) is 0 Å². The lowest BCUT2D eigenvalue weighted by Crippen LogP contribution is -2.42. The minimum atomic E-state index is -0.899. The standard InChI is InChI=1S/C18H25N3O3/c1-4-18(23,5-2)13-19-17(22)16-15(24-6-3)12-21(20-16)14-10-8-7-9-11-14/h7-12,23H,4-6,13H2,1-3H3,(H,19,22). The summed E-state index contributed by atoms with van der Waals surface area (Å²) in [6, 6.07) is 9.52. The van der Waals surface area contributed by atoms with E-state index in [2.05, 4.69) is 10.4 Å². The quantitative estimate of drug-likeness (QED) is 0.779. The van der Waals surface area contributed by atoms with E-state index in [9.17, 15) is 9.90 Å². The second kappa shape index (κ2) is 7.97. The van der Waals surface area contributed by atoms with Crippen molar-refractivity contribution in [3.05, 3.63) is 42.2 Å². The molecule has 0 unspecified atom stereocenters. The van der Waals surface area contributed by atoms with E-state index in [1.807, 2.05) is 51.1 Å². The van der Waals surface area contributed by atoms with Crippen LogP contribution in [0.5, 0.6) is 5.75 Å². The summed E-state index contributed by atoms with van der Waals surface area (Å²) in [7, 11) is 0. The molecule has 0 atom stereocenters. The molecular weight excluding hydrogens is 306 g/mol. The van der Waals surface area contributed by atoms with Gasteiger partial charge in [0, 0.05) is 6.54 Å². The van der Waals surface area contributed by atoms with Crippen LogP contribution in [-0.2, 0) is 0 Å². The van der Waals surface area contributed by atoms with Crippen molar-refractivity contribution in [2.45, 2.75) is 39.2 Å². The first-order chi connectivity index (χ1) is 11.5. The molecule has 0 spiro atoms. The average Bonchev–Trinajstić information content (AvgIpc) is 3.04. The maximum absolute atomic E-state index is 12.5. The van der Waals surface area contributed by atoms with E-state index in [1.165, 1.54) is 0 Å². The largest absolute Gasteiger partial charge is 0.490 e. The number of hydrogen-bond acceptors (Lipinski definition) is 4. The van der Waals surface area contributed by atoms with Crippen molar-refractivity contribution in [3.63, 3.8) is 0 Å². The molecular formula is C18H25N3O3. The molecule has 1 aromatic carbocycles. The zero-order valence-corrected chi connectivity index (χ0v) is 14.5. The van der Waals surface area contributed by atoms with E-state index in [4.69, 9.17) is 4.74 Å². The predicted octanol–water partition coefficient (Wildman–Crippen LogP) is 2.55. The molecule has 0 saturated heterocycles. The molecule has 130 valence electrons. The van der Waals surface area contributed by atoms with Crippen molar-refractivity contribution in [3.8, 4) is 11.4 Å². The fraction of sp³-hybridized carbons (Fsp3) is 0.444. The van der Waals surface area contributed by atoms with Crippen molar-refractivity contribution < 1.29 is 14.6 Å². The van der Waals surface area contributed by atoms with Gasteiger partial charge in [-0.15, -0.1) is 0 Å². The summed E-state index contributed by atoms with van der Waals surface area (Å²) in [5.74, 6) is 0.0730. The Hall–Kier alpha value is -2.34. The number of aliphatic hydroxyl groups is 1. The Morgan fingerprint density at radius 1 is 1.25 bits per heavy atom. The first-order valence-electron chi connectivity index (χ1n) is 8.31. The van der Waals surface area contributed by atoms with Gasteiger partial charge in [-0.2, -0.15) is 5.10 Å². The Labute approximate surface area is 142 Å². The van der Waals surface area contributed by atoms with Gasteiger partial charge in [0.25, 0.3) is 5.91 Å². The number of nitrogens with zero attached hydrogens (tertiary/aromatic N) is 2. The van der Waals surface area contributed by atoms with Crippen LogP contribution in [0.25, 0.3) is 5.69 Å². The number of benzene rings is 1. The van der Waals surface area contributed by atoms with Crippen LogP contribution in [-0.4, -0.2) is 39.5 Å². The topological polar surface area (TPSA) is 76.4 Å². The van der Waals surface area contributed by atoms with Gasteiger partial charge < -0.3 is 15.2 Å². The highest BCUT2D eigenvalue weighted by Crippen LogP contribution is 2.20. The summed E-state index contributed by atoms with van der Waals surface area (Å²) in [5, 5.41) is 17.4. The van der Waals surface area contributed by atoms with E-state index < -0.39 is 5.60 Å². The van der Waals surface area contributed by atoms with E-state index in [1.54, 1.807) is 10.9 Å². The Morgan fingerprint density at radius 3 is 2.50 bits per heavy atom. The van der Waals surface area contributed by atoms with Crippen molar-refractivity contribution >= 4 is 5.91 Å². The zero-order valence-electron chi connectivity index (χ0n) is 14.5. The maximum Gasteiger partial charge on any atom is 0.275 e. The number of para-hydroxylation sites is 1. The van der Waals surface area contributed by atoms with E-state index in [0.29, 0.717) is 25.2 Å². The Kier molecular flexibility index (Phi) is 5.98. The number of ether oxygens (including phenoxy) is 1. The van der Waals surface area contributed by atoms with Gasteiger partial charge >= 0.3 is 0 Å². The zero-order chi connectivity index (χ0) is 17.6. The van der Waals surface area contributed by atoms with Gasteiger partial charge in [0.15, 0.2) is 11.4 Å². The first kappa shape index (κ1) is 18.0. The van der Waals surface area contributed by atoms with Crippen LogP contribution in [0.4, 0.5) is 0 Å². The molecule has 24 heavy (non-hydrogen) atoms. The highest BCUT2D eigenvalue weighted by molar-refractivity contribution is 5.95. The number of amides is 1. The van der Waals surface area contributed by atoms with E-state index in [-0.39, 0.29) is 18.1 Å². The SMILES string of the molecule is CCOc1cn(-c2ccccc2)nc1C(=O)NCC(O)(CC)CC.